The van der Waals surface area contributed by atoms with Crippen molar-refractivity contribution in [3.05, 3.63) is 0 Å². The van der Waals surface area contributed by atoms with Gasteiger partial charge in [-0.3, -0.25) is 0 Å². The van der Waals surface area contributed by atoms with Crippen molar-refractivity contribution in [3.8, 4) is 0 Å². The van der Waals surface area contributed by atoms with Crippen LogP contribution in [0, 0.1) is 11.8 Å². The molecule has 0 aromatic carbocycles. The molecule has 0 fully saturated rings. The van der Waals surface area contributed by atoms with E-state index < -0.39 is 0 Å². The van der Waals surface area contributed by atoms with Gasteiger partial charge in [-0.2, -0.15) is 0 Å². The highest BCUT2D eigenvalue weighted by molar-refractivity contribution is 9.09. The molecular formula is C8H17Br. The zero-order chi connectivity index (χ0) is 7.28. The van der Waals surface area contributed by atoms with Crippen LogP contribution in [-0.2, 0) is 0 Å². The third-order valence-corrected chi connectivity index (χ3v) is 1.93. The Kier molecular flexibility index (Phi) is 5.56. The summed E-state index contributed by atoms with van der Waals surface area (Å²) in [4.78, 5) is 0. The molecule has 0 aliphatic carbocycles. The fourth-order valence-corrected chi connectivity index (χ4v) is 1.89. The van der Waals surface area contributed by atoms with E-state index in [1.807, 2.05) is 0 Å². The number of hydrogen-bond acceptors (Lipinski definition) is 0. The molecular weight excluding hydrogens is 176 g/mol. The third-order valence-electron chi connectivity index (χ3n) is 1.48. The Balaban J connectivity index is 3.15. The second kappa shape index (κ2) is 5.28. The van der Waals surface area contributed by atoms with Crippen molar-refractivity contribution < 1.29 is 0 Å². The van der Waals surface area contributed by atoms with Crippen molar-refractivity contribution in [3.63, 3.8) is 0 Å². The molecule has 0 radical (unpaired) electrons. The molecule has 56 valence electrons. The van der Waals surface area contributed by atoms with Crippen molar-refractivity contribution in [1.29, 1.82) is 0 Å². The number of rotatable bonds is 4. The minimum atomic E-state index is 0.860. The summed E-state index contributed by atoms with van der Waals surface area (Å²) >= 11 is 3.44. The summed E-state index contributed by atoms with van der Waals surface area (Å²) in [5, 5.41) is 1.15. The molecule has 0 N–H and O–H groups in total. The number of hydrogen-bond donors (Lipinski definition) is 0. The average Bonchev–Trinajstić information content (AvgIpc) is 1.63. The van der Waals surface area contributed by atoms with E-state index in [4.69, 9.17) is 0 Å². The quantitative estimate of drug-likeness (QED) is 0.600. The molecule has 0 aromatic rings. The Bertz CT molecular complexity index is 59.6. The molecule has 0 rings (SSSR count). The molecule has 0 saturated heterocycles. The number of alkyl halides is 1. The lowest BCUT2D eigenvalue weighted by Gasteiger charge is -2.11. The van der Waals surface area contributed by atoms with Crippen LogP contribution < -0.4 is 0 Å². The summed E-state index contributed by atoms with van der Waals surface area (Å²) in [6.07, 6.45) is 2.68. The molecule has 0 aliphatic heterocycles. The average molecular weight is 193 g/mol. The Morgan fingerprint density at radius 3 is 2.11 bits per heavy atom. The predicted octanol–water partition coefficient (Wildman–Crippen LogP) is 3.45. The van der Waals surface area contributed by atoms with E-state index in [0.717, 1.165) is 17.2 Å². The van der Waals surface area contributed by atoms with Gasteiger partial charge < -0.3 is 0 Å². The minimum Gasteiger partial charge on any atom is -0.0928 e. The van der Waals surface area contributed by atoms with Gasteiger partial charge >= 0.3 is 0 Å². The summed E-state index contributed by atoms with van der Waals surface area (Å²) in [5.41, 5.74) is 0. The third kappa shape index (κ3) is 6.36. The van der Waals surface area contributed by atoms with Crippen LogP contribution in [0.3, 0.4) is 0 Å². The van der Waals surface area contributed by atoms with Crippen LogP contribution in [0.25, 0.3) is 0 Å². The molecule has 0 unspecified atom stereocenters. The van der Waals surface area contributed by atoms with Gasteiger partial charge in [-0.15, -0.1) is 0 Å². The zero-order valence-corrected chi connectivity index (χ0v) is 8.24. The standard InChI is InChI=1S/C8H17Br/c1-7(2)6-8(3)4-5-9/h7-8H,4-6H2,1-3H3/t8-/m0/s1. The first-order valence-electron chi connectivity index (χ1n) is 3.72. The van der Waals surface area contributed by atoms with Gasteiger partial charge in [0, 0.05) is 5.33 Å². The highest BCUT2D eigenvalue weighted by Crippen LogP contribution is 2.14. The summed E-state index contributed by atoms with van der Waals surface area (Å²) < 4.78 is 0. The second-order valence-corrected chi connectivity index (χ2v) is 4.01. The predicted molar refractivity (Wildman–Crippen MR) is 47.0 cm³/mol. The van der Waals surface area contributed by atoms with Crippen molar-refractivity contribution >= 4 is 15.9 Å². The lowest BCUT2D eigenvalue weighted by Crippen LogP contribution is -1.99. The van der Waals surface area contributed by atoms with Gasteiger partial charge in [0.25, 0.3) is 0 Å². The SMILES string of the molecule is CC(C)C[C@@H](C)CCBr. The summed E-state index contributed by atoms with van der Waals surface area (Å²) in [5.74, 6) is 1.75. The van der Waals surface area contributed by atoms with E-state index in [2.05, 4.69) is 36.7 Å². The molecule has 0 aromatic heterocycles. The van der Waals surface area contributed by atoms with Crippen LogP contribution >= 0.6 is 15.9 Å². The first kappa shape index (κ1) is 9.48. The Hall–Kier alpha value is 0.480. The van der Waals surface area contributed by atoms with E-state index in [1.54, 1.807) is 0 Å². The van der Waals surface area contributed by atoms with Crippen molar-refractivity contribution in [2.75, 3.05) is 5.33 Å². The molecule has 9 heavy (non-hydrogen) atoms. The lowest BCUT2D eigenvalue weighted by molar-refractivity contribution is 0.432. The van der Waals surface area contributed by atoms with Crippen LogP contribution in [0.1, 0.15) is 33.6 Å². The molecule has 0 heterocycles. The van der Waals surface area contributed by atoms with Crippen molar-refractivity contribution in [2.24, 2.45) is 11.8 Å². The van der Waals surface area contributed by atoms with Gasteiger partial charge in [0.1, 0.15) is 0 Å². The maximum Gasteiger partial charge on any atom is 0.00338 e. The first-order chi connectivity index (χ1) is 4.16. The smallest absolute Gasteiger partial charge is 0.00338 e. The van der Waals surface area contributed by atoms with Crippen LogP contribution in [0.4, 0.5) is 0 Å². The molecule has 0 aliphatic rings. The topological polar surface area (TPSA) is 0 Å². The van der Waals surface area contributed by atoms with Crippen LogP contribution in [0.15, 0.2) is 0 Å². The van der Waals surface area contributed by atoms with Gasteiger partial charge in [-0.25, -0.2) is 0 Å². The van der Waals surface area contributed by atoms with Crippen LogP contribution in [0.2, 0.25) is 0 Å². The van der Waals surface area contributed by atoms with E-state index in [9.17, 15) is 0 Å². The summed E-state index contributed by atoms with van der Waals surface area (Å²) in [6.45, 7) is 6.89. The summed E-state index contributed by atoms with van der Waals surface area (Å²) in [6, 6.07) is 0. The fraction of sp³-hybridized carbons (Fsp3) is 1.00. The van der Waals surface area contributed by atoms with E-state index in [1.165, 1.54) is 12.8 Å². The maximum atomic E-state index is 3.44. The van der Waals surface area contributed by atoms with Crippen molar-refractivity contribution in [2.45, 2.75) is 33.6 Å². The largest absolute Gasteiger partial charge is 0.0928 e. The first-order valence-corrected chi connectivity index (χ1v) is 4.85. The van der Waals surface area contributed by atoms with Gasteiger partial charge in [-0.1, -0.05) is 36.7 Å². The van der Waals surface area contributed by atoms with Crippen molar-refractivity contribution in [1.82, 2.24) is 0 Å². The number of halogens is 1. The van der Waals surface area contributed by atoms with E-state index >= 15 is 0 Å². The zero-order valence-electron chi connectivity index (χ0n) is 6.65. The van der Waals surface area contributed by atoms with E-state index in [0.29, 0.717) is 0 Å². The molecule has 0 saturated carbocycles. The Morgan fingerprint density at radius 2 is 1.78 bits per heavy atom. The minimum absolute atomic E-state index is 0.860. The molecule has 0 bridgehead atoms. The highest BCUT2D eigenvalue weighted by atomic mass is 79.9. The molecule has 1 heteroatoms. The monoisotopic (exact) mass is 192 g/mol. The molecule has 0 nitrogen and oxygen atoms in total. The lowest BCUT2D eigenvalue weighted by atomic mass is 9.97. The Labute approximate surface area is 67.2 Å². The maximum absolute atomic E-state index is 3.44. The highest BCUT2D eigenvalue weighted by Gasteiger charge is 2.02. The van der Waals surface area contributed by atoms with Crippen LogP contribution in [-0.4, -0.2) is 5.33 Å². The Morgan fingerprint density at radius 1 is 1.22 bits per heavy atom. The molecule has 0 spiro atoms. The van der Waals surface area contributed by atoms with Gasteiger partial charge in [-0.05, 0) is 24.7 Å². The fourth-order valence-electron chi connectivity index (χ4n) is 1.11. The summed E-state index contributed by atoms with van der Waals surface area (Å²) in [7, 11) is 0. The normalized spacial score (nSPS) is 14.3. The van der Waals surface area contributed by atoms with Gasteiger partial charge in [0.2, 0.25) is 0 Å². The van der Waals surface area contributed by atoms with Crippen LogP contribution in [0.5, 0.6) is 0 Å². The van der Waals surface area contributed by atoms with Gasteiger partial charge in [0.15, 0.2) is 0 Å². The molecule has 1 atom stereocenters. The second-order valence-electron chi connectivity index (χ2n) is 3.21. The van der Waals surface area contributed by atoms with E-state index in [-0.39, 0.29) is 0 Å². The molecule has 0 amide bonds. The van der Waals surface area contributed by atoms with Gasteiger partial charge in [0.05, 0.1) is 0 Å².